The van der Waals surface area contributed by atoms with Crippen molar-refractivity contribution in [2.75, 3.05) is 13.1 Å². The van der Waals surface area contributed by atoms with E-state index < -0.39 is 0 Å². The quantitative estimate of drug-likeness (QED) is 0.925. The molecule has 1 aromatic carbocycles. The van der Waals surface area contributed by atoms with Gasteiger partial charge in [-0.15, -0.1) is 11.3 Å². The van der Waals surface area contributed by atoms with Gasteiger partial charge in [0, 0.05) is 25.6 Å². The number of nitrogens with two attached hydrogens (primary N) is 1. The third kappa shape index (κ3) is 3.82. The van der Waals surface area contributed by atoms with Gasteiger partial charge in [-0.2, -0.15) is 0 Å². The fraction of sp³-hybridized carbons (Fsp3) is 0.444. The zero-order chi connectivity index (χ0) is 17.1. The van der Waals surface area contributed by atoms with Crippen LogP contribution in [0.15, 0.2) is 30.5 Å². The third-order valence-electron chi connectivity index (χ3n) is 4.54. The molecule has 3 rings (SSSR count). The number of benzene rings is 1. The zero-order valence-corrected chi connectivity index (χ0v) is 14.6. The van der Waals surface area contributed by atoms with Crippen LogP contribution in [0, 0.1) is 11.7 Å². The maximum Gasteiger partial charge on any atom is 0.265 e. The highest BCUT2D eigenvalue weighted by atomic mass is 32.1. The second-order valence-electron chi connectivity index (χ2n) is 6.44. The van der Waals surface area contributed by atoms with Gasteiger partial charge in [-0.1, -0.05) is 19.1 Å². The lowest BCUT2D eigenvalue weighted by molar-refractivity contribution is 0.0578. The van der Waals surface area contributed by atoms with E-state index in [9.17, 15) is 9.18 Å². The lowest BCUT2D eigenvalue weighted by Gasteiger charge is -2.37. The Balaban J connectivity index is 1.70. The minimum absolute atomic E-state index is 0.0280. The molecule has 0 aliphatic carbocycles. The topological polar surface area (TPSA) is 59.2 Å². The molecule has 2 atom stereocenters. The molecule has 0 spiro atoms. The number of carbonyl (C=O) groups excluding carboxylic acids is 1. The maximum absolute atomic E-state index is 13.0. The van der Waals surface area contributed by atoms with Crippen molar-refractivity contribution in [2.24, 2.45) is 11.7 Å². The van der Waals surface area contributed by atoms with E-state index in [0.29, 0.717) is 23.8 Å². The van der Waals surface area contributed by atoms with Crippen molar-refractivity contribution in [3.8, 4) is 0 Å². The highest BCUT2D eigenvalue weighted by Gasteiger charge is 2.30. The predicted octanol–water partition coefficient (Wildman–Crippen LogP) is 3.07. The number of piperidine rings is 1. The summed E-state index contributed by atoms with van der Waals surface area (Å²) in [5, 5.41) is 0.861. The Labute approximate surface area is 145 Å². The number of thiazole rings is 1. The number of hydrogen-bond acceptors (Lipinski definition) is 4. The Hall–Kier alpha value is -1.79. The van der Waals surface area contributed by atoms with Crippen LogP contribution in [0.2, 0.25) is 0 Å². The Bertz CT molecular complexity index is 701. The van der Waals surface area contributed by atoms with Crippen LogP contribution >= 0.6 is 11.3 Å². The molecule has 0 saturated carbocycles. The summed E-state index contributed by atoms with van der Waals surface area (Å²) in [7, 11) is 0. The van der Waals surface area contributed by atoms with Gasteiger partial charge in [-0.05, 0) is 36.5 Å². The van der Waals surface area contributed by atoms with Crippen LogP contribution in [-0.2, 0) is 6.42 Å². The molecule has 1 amide bonds. The first kappa shape index (κ1) is 17.0. The van der Waals surface area contributed by atoms with Crippen molar-refractivity contribution >= 4 is 17.2 Å². The van der Waals surface area contributed by atoms with Gasteiger partial charge in [0.2, 0.25) is 0 Å². The molecular weight excluding hydrogens is 325 g/mol. The Kier molecular flexibility index (Phi) is 5.26. The van der Waals surface area contributed by atoms with Gasteiger partial charge in [0.15, 0.2) is 0 Å². The lowest BCUT2D eigenvalue weighted by Crippen LogP contribution is -2.49. The minimum atomic E-state index is -0.249. The van der Waals surface area contributed by atoms with E-state index in [0.717, 1.165) is 30.0 Å². The van der Waals surface area contributed by atoms with Crippen molar-refractivity contribution in [1.82, 2.24) is 9.88 Å². The molecule has 4 nitrogen and oxygen atoms in total. The number of likely N-dealkylation sites (tertiary alicyclic amines) is 1. The van der Waals surface area contributed by atoms with E-state index in [1.165, 1.54) is 23.5 Å². The van der Waals surface area contributed by atoms with Gasteiger partial charge in [0.25, 0.3) is 5.91 Å². The van der Waals surface area contributed by atoms with E-state index in [1.807, 2.05) is 4.90 Å². The van der Waals surface area contributed by atoms with Crippen LogP contribution in [0.1, 0.15) is 40.0 Å². The highest BCUT2D eigenvalue weighted by molar-refractivity contribution is 7.13. The normalized spacial score (nSPS) is 21.0. The summed E-state index contributed by atoms with van der Waals surface area (Å²) in [5.74, 6) is 0.388. The number of carbonyl (C=O) groups is 1. The predicted molar refractivity (Wildman–Crippen MR) is 93.6 cm³/mol. The van der Waals surface area contributed by atoms with Crippen LogP contribution < -0.4 is 5.73 Å². The van der Waals surface area contributed by atoms with E-state index in [2.05, 4.69) is 11.9 Å². The third-order valence-corrected chi connectivity index (χ3v) is 5.53. The number of aromatic nitrogens is 1. The lowest BCUT2D eigenvalue weighted by atomic mass is 9.92. The Morgan fingerprint density at radius 2 is 2.17 bits per heavy atom. The summed E-state index contributed by atoms with van der Waals surface area (Å²) in [6, 6.07) is 6.48. The second kappa shape index (κ2) is 7.40. The maximum atomic E-state index is 13.0. The van der Waals surface area contributed by atoms with Crippen LogP contribution in [0.25, 0.3) is 0 Å². The number of nitrogens with zero attached hydrogens (tertiary/aromatic N) is 2. The first-order valence-electron chi connectivity index (χ1n) is 8.27. The molecule has 2 N–H and O–H groups in total. The van der Waals surface area contributed by atoms with E-state index in [-0.39, 0.29) is 17.8 Å². The number of hydrogen-bond donors (Lipinski definition) is 1. The molecule has 0 bridgehead atoms. The van der Waals surface area contributed by atoms with Crippen molar-refractivity contribution in [1.29, 1.82) is 0 Å². The summed E-state index contributed by atoms with van der Waals surface area (Å²) in [6.45, 7) is 3.46. The van der Waals surface area contributed by atoms with Crippen LogP contribution in [0.4, 0.5) is 4.39 Å². The number of rotatable bonds is 4. The standard InChI is InChI=1S/C18H22FN3OS/c1-12-6-7-22(15(8-12)10-20)18(23)16-11-21-17(24-16)9-13-2-4-14(19)5-3-13/h2-5,11-12,15H,6-10,20H2,1H3. The molecule has 1 aliphatic rings. The average Bonchev–Trinajstić information content (AvgIpc) is 3.04. The molecular formula is C18H22FN3OS. The summed E-state index contributed by atoms with van der Waals surface area (Å²) in [6.07, 6.45) is 4.24. The van der Waals surface area contributed by atoms with Crippen molar-refractivity contribution in [3.05, 3.63) is 51.7 Å². The first-order chi connectivity index (χ1) is 11.6. The molecule has 2 heterocycles. The molecule has 6 heteroatoms. The first-order valence-corrected chi connectivity index (χ1v) is 9.08. The van der Waals surface area contributed by atoms with Gasteiger partial charge in [-0.3, -0.25) is 4.79 Å². The fourth-order valence-corrected chi connectivity index (χ4v) is 4.06. The van der Waals surface area contributed by atoms with Gasteiger partial charge < -0.3 is 10.6 Å². The molecule has 0 radical (unpaired) electrons. The molecule has 24 heavy (non-hydrogen) atoms. The average molecular weight is 347 g/mol. The summed E-state index contributed by atoms with van der Waals surface area (Å²) in [5.41, 5.74) is 6.84. The summed E-state index contributed by atoms with van der Waals surface area (Å²) < 4.78 is 13.0. The van der Waals surface area contributed by atoms with Gasteiger partial charge in [-0.25, -0.2) is 9.37 Å². The minimum Gasteiger partial charge on any atom is -0.334 e. The molecule has 1 saturated heterocycles. The second-order valence-corrected chi connectivity index (χ2v) is 7.55. The molecule has 1 aliphatic heterocycles. The molecule has 1 fully saturated rings. The fourth-order valence-electron chi connectivity index (χ4n) is 3.15. The largest absolute Gasteiger partial charge is 0.334 e. The Morgan fingerprint density at radius 3 is 2.88 bits per heavy atom. The highest BCUT2D eigenvalue weighted by Crippen LogP contribution is 2.26. The molecule has 128 valence electrons. The molecule has 2 unspecified atom stereocenters. The van der Waals surface area contributed by atoms with Gasteiger partial charge in [0.1, 0.15) is 10.7 Å². The molecule has 1 aromatic heterocycles. The smallest absolute Gasteiger partial charge is 0.265 e. The van der Waals surface area contributed by atoms with Gasteiger partial charge in [0.05, 0.1) is 11.2 Å². The van der Waals surface area contributed by atoms with Crippen molar-refractivity contribution in [2.45, 2.75) is 32.2 Å². The number of amides is 1. The Morgan fingerprint density at radius 1 is 1.42 bits per heavy atom. The summed E-state index contributed by atoms with van der Waals surface area (Å²) >= 11 is 1.41. The van der Waals surface area contributed by atoms with E-state index >= 15 is 0 Å². The van der Waals surface area contributed by atoms with Crippen molar-refractivity contribution < 1.29 is 9.18 Å². The van der Waals surface area contributed by atoms with E-state index in [1.54, 1.807) is 18.3 Å². The van der Waals surface area contributed by atoms with Crippen LogP contribution in [0.3, 0.4) is 0 Å². The summed E-state index contributed by atoms with van der Waals surface area (Å²) in [4.78, 5) is 19.7. The monoisotopic (exact) mass is 347 g/mol. The molecule has 2 aromatic rings. The van der Waals surface area contributed by atoms with Crippen molar-refractivity contribution in [3.63, 3.8) is 0 Å². The number of halogens is 1. The zero-order valence-electron chi connectivity index (χ0n) is 13.7. The van der Waals surface area contributed by atoms with E-state index in [4.69, 9.17) is 5.73 Å². The van der Waals surface area contributed by atoms with Gasteiger partial charge >= 0.3 is 0 Å². The SMILES string of the molecule is CC1CCN(C(=O)c2cnc(Cc3ccc(F)cc3)s2)C(CN)C1. The van der Waals surface area contributed by atoms with Crippen LogP contribution in [0.5, 0.6) is 0 Å². The van der Waals surface area contributed by atoms with Crippen LogP contribution in [-0.4, -0.2) is 34.9 Å².